The lowest BCUT2D eigenvalue weighted by molar-refractivity contribution is -0.148. The van der Waals surface area contributed by atoms with E-state index in [9.17, 15) is 9.90 Å². The third-order valence-corrected chi connectivity index (χ3v) is 8.34. The van der Waals surface area contributed by atoms with E-state index in [0.29, 0.717) is 0 Å². The van der Waals surface area contributed by atoms with Crippen molar-refractivity contribution in [3.8, 4) is 0 Å². The number of piperidine rings is 1. The number of amides is 1. The minimum absolute atomic E-state index is 0.0138. The number of carbonyl (C=O) groups excluding carboxylic acids is 1. The number of benzene rings is 1. The van der Waals surface area contributed by atoms with Crippen LogP contribution in [-0.4, -0.2) is 41.6 Å². The molecule has 2 aliphatic carbocycles. The summed E-state index contributed by atoms with van der Waals surface area (Å²) in [4.78, 5) is 15.9. The Morgan fingerprint density at radius 2 is 1.66 bits per heavy atom. The van der Waals surface area contributed by atoms with Crippen molar-refractivity contribution < 1.29 is 9.90 Å². The maximum absolute atomic E-state index is 13.4. The van der Waals surface area contributed by atoms with Gasteiger partial charge in [0.2, 0.25) is 0 Å². The molecule has 32 heavy (non-hydrogen) atoms. The molecule has 4 rings (SSSR count). The summed E-state index contributed by atoms with van der Waals surface area (Å²) in [5, 5.41) is 14.9. The Bertz CT molecular complexity index is 757. The molecule has 1 saturated heterocycles. The summed E-state index contributed by atoms with van der Waals surface area (Å²) < 4.78 is 0. The van der Waals surface area contributed by atoms with Crippen LogP contribution in [0.5, 0.6) is 0 Å². The fourth-order valence-electron chi connectivity index (χ4n) is 6.21. The number of nitrogens with one attached hydrogen (secondary N) is 1. The van der Waals surface area contributed by atoms with Gasteiger partial charge in [-0.05, 0) is 63.4 Å². The van der Waals surface area contributed by atoms with E-state index in [1.165, 1.54) is 25.7 Å². The lowest BCUT2D eigenvalue weighted by atomic mass is 9.79. The standard InChI is InChI=1S/C28H42N2O2/c1-22(23-11-5-6-12-23)10-9-19-30-20-17-26(18-21-30)29-27(31)28(32,25-15-7-8-16-25)24-13-3-2-4-14-24/h2-4,10,13-14,23,25-26,32H,5-9,11-12,15-21H2,1H3,(H,29,31). The molecule has 2 saturated carbocycles. The van der Waals surface area contributed by atoms with Crippen molar-refractivity contribution in [2.45, 2.75) is 89.2 Å². The van der Waals surface area contributed by atoms with Crippen LogP contribution < -0.4 is 5.32 Å². The van der Waals surface area contributed by atoms with E-state index in [0.717, 1.165) is 76.1 Å². The molecule has 0 spiro atoms. The zero-order chi connectivity index (χ0) is 22.4. The highest BCUT2D eigenvalue weighted by Crippen LogP contribution is 2.41. The van der Waals surface area contributed by atoms with Crippen LogP contribution in [0.15, 0.2) is 42.0 Å². The third-order valence-electron chi connectivity index (χ3n) is 8.34. The highest BCUT2D eigenvalue weighted by Gasteiger charge is 2.46. The first-order valence-corrected chi connectivity index (χ1v) is 13.0. The van der Waals surface area contributed by atoms with Crippen LogP contribution >= 0.6 is 0 Å². The van der Waals surface area contributed by atoms with E-state index in [-0.39, 0.29) is 17.9 Å². The largest absolute Gasteiger partial charge is 0.375 e. The van der Waals surface area contributed by atoms with Gasteiger partial charge in [-0.2, -0.15) is 0 Å². The number of carbonyl (C=O) groups is 1. The topological polar surface area (TPSA) is 52.6 Å². The molecule has 3 fully saturated rings. The molecular weight excluding hydrogens is 396 g/mol. The smallest absolute Gasteiger partial charge is 0.257 e. The molecule has 1 atom stereocenters. The van der Waals surface area contributed by atoms with E-state index >= 15 is 0 Å². The minimum atomic E-state index is -1.41. The van der Waals surface area contributed by atoms with Gasteiger partial charge in [-0.3, -0.25) is 4.79 Å². The molecule has 4 heteroatoms. The first kappa shape index (κ1) is 23.5. The Morgan fingerprint density at radius 1 is 1.03 bits per heavy atom. The Kier molecular flexibility index (Phi) is 8.07. The predicted octanol–water partition coefficient (Wildman–Crippen LogP) is 5.17. The summed E-state index contributed by atoms with van der Waals surface area (Å²) in [5.74, 6) is 0.656. The molecule has 3 aliphatic rings. The maximum Gasteiger partial charge on any atom is 0.257 e. The van der Waals surface area contributed by atoms with Crippen molar-refractivity contribution in [2.75, 3.05) is 19.6 Å². The van der Waals surface area contributed by atoms with E-state index in [2.05, 4.69) is 23.2 Å². The van der Waals surface area contributed by atoms with E-state index in [1.54, 1.807) is 5.57 Å². The number of allylic oxidation sites excluding steroid dienone is 1. The van der Waals surface area contributed by atoms with Gasteiger partial charge in [0, 0.05) is 31.6 Å². The number of hydrogen-bond acceptors (Lipinski definition) is 3. The molecule has 1 heterocycles. The Hall–Kier alpha value is -1.65. The average molecular weight is 439 g/mol. The number of nitrogens with zero attached hydrogens (tertiary/aromatic N) is 1. The summed E-state index contributed by atoms with van der Waals surface area (Å²) in [5.41, 5.74) is 0.931. The second-order valence-corrected chi connectivity index (χ2v) is 10.4. The molecule has 4 nitrogen and oxygen atoms in total. The minimum Gasteiger partial charge on any atom is -0.375 e. The highest BCUT2D eigenvalue weighted by atomic mass is 16.3. The van der Waals surface area contributed by atoms with Crippen molar-refractivity contribution in [3.05, 3.63) is 47.5 Å². The monoisotopic (exact) mass is 438 g/mol. The van der Waals surface area contributed by atoms with Crippen molar-refractivity contribution in [1.82, 2.24) is 10.2 Å². The zero-order valence-corrected chi connectivity index (χ0v) is 19.9. The van der Waals surface area contributed by atoms with Gasteiger partial charge in [0.1, 0.15) is 0 Å². The summed E-state index contributed by atoms with van der Waals surface area (Å²) in [6.45, 7) is 5.47. The lowest BCUT2D eigenvalue weighted by Crippen LogP contribution is -2.54. The van der Waals surface area contributed by atoms with Crippen LogP contribution in [0.25, 0.3) is 0 Å². The molecule has 0 bridgehead atoms. The van der Waals surface area contributed by atoms with Gasteiger partial charge in [-0.1, -0.05) is 67.7 Å². The summed E-state index contributed by atoms with van der Waals surface area (Å²) in [6, 6.07) is 9.75. The van der Waals surface area contributed by atoms with Gasteiger partial charge in [-0.25, -0.2) is 0 Å². The predicted molar refractivity (Wildman–Crippen MR) is 130 cm³/mol. The van der Waals surface area contributed by atoms with E-state index in [4.69, 9.17) is 0 Å². The molecule has 0 radical (unpaired) electrons. The number of rotatable bonds is 8. The molecule has 1 aliphatic heterocycles. The van der Waals surface area contributed by atoms with Crippen LogP contribution in [0, 0.1) is 11.8 Å². The van der Waals surface area contributed by atoms with Crippen LogP contribution in [0.1, 0.15) is 83.1 Å². The SMILES string of the molecule is CC(=CCCN1CCC(NC(=O)C(O)(c2ccccc2)C2CCCC2)CC1)C1CCCC1. The van der Waals surface area contributed by atoms with Gasteiger partial charge in [0.25, 0.3) is 5.91 Å². The second kappa shape index (κ2) is 11.0. The third kappa shape index (κ3) is 5.46. The fourth-order valence-corrected chi connectivity index (χ4v) is 6.21. The summed E-state index contributed by atoms with van der Waals surface area (Å²) in [6.07, 6.45) is 15.1. The first-order valence-electron chi connectivity index (χ1n) is 13.0. The van der Waals surface area contributed by atoms with Crippen molar-refractivity contribution in [2.24, 2.45) is 11.8 Å². The number of likely N-dealkylation sites (tertiary alicyclic amines) is 1. The average Bonchev–Trinajstić information content (AvgIpc) is 3.55. The molecule has 1 aromatic carbocycles. The normalized spacial score (nSPS) is 24.0. The van der Waals surface area contributed by atoms with Crippen LogP contribution in [0.3, 0.4) is 0 Å². The molecule has 0 aromatic heterocycles. The number of hydrogen-bond donors (Lipinski definition) is 2. The second-order valence-electron chi connectivity index (χ2n) is 10.4. The molecule has 1 amide bonds. The fraction of sp³-hybridized carbons (Fsp3) is 0.679. The molecule has 1 aromatic rings. The lowest BCUT2D eigenvalue weighted by Gasteiger charge is -2.37. The van der Waals surface area contributed by atoms with Gasteiger partial charge >= 0.3 is 0 Å². The maximum atomic E-state index is 13.4. The van der Waals surface area contributed by atoms with Gasteiger partial charge in [0.15, 0.2) is 5.60 Å². The molecular formula is C28H42N2O2. The zero-order valence-electron chi connectivity index (χ0n) is 19.9. The van der Waals surface area contributed by atoms with Crippen molar-refractivity contribution in [3.63, 3.8) is 0 Å². The van der Waals surface area contributed by atoms with E-state index < -0.39 is 5.60 Å². The summed E-state index contributed by atoms with van der Waals surface area (Å²) >= 11 is 0. The first-order chi connectivity index (χ1) is 15.6. The Morgan fingerprint density at radius 3 is 2.31 bits per heavy atom. The van der Waals surface area contributed by atoms with Crippen LogP contribution in [0.2, 0.25) is 0 Å². The van der Waals surface area contributed by atoms with Crippen LogP contribution in [0.4, 0.5) is 0 Å². The Labute approximate surface area is 194 Å². The molecule has 2 N–H and O–H groups in total. The van der Waals surface area contributed by atoms with Crippen molar-refractivity contribution >= 4 is 5.91 Å². The van der Waals surface area contributed by atoms with Gasteiger partial charge in [-0.15, -0.1) is 0 Å². The van der Waals surface area contributed by atoms with E-state index in [1.807, 2.05) is 30.3 Å². The summed E-state index contributed by atoms with van der Waals surface area (Å²) in [7, 11) is 0. The molecule has 1 unspecified atom stereocenters. The Balaban J connectivity index is 1.28. The number of aliphatic hydroxyl groups is 1. The molecule has 176 valence electrons. The van der Waals surface area contributed by atoms with Crippen LogP contribution in [-0.2, 0) is 10.4 Å². The van der Waals surface area contributed by atoms with Gasteiger partial charge < -0.3 is 15.3 Å². The van der Waals surface area contributed by atoms with Crippen molar-refractivity contribution in [1.29, 1.82) is 0 Å². The van der Waals surface area contributed by atoms with Gasteiger partial charge in [0.05, 0.1) is 0 Å². The highest BCUT2D eigenvalue weighted by molar-refractivity contribution is 5.87. The quantitative estimate of drug-likeness (QED) is 0.551.